The Balaban J connectivity index is 1.13. The highest BCUT2D eigenvalue weighted by molar-refractivity contribution is 6.02. The van der Waals surface area contributed by atoms with Crippen molar-refractivity contribution in [2.24, 2.45) is 0 Å². The Labute approximate surface area is 234 Å². The Morgan fingerprint density at radius 2 is 1.55 bits per heavy atom. The van der Waals surface area contributed by atoms with Crippen LogP contribution in [0.1, 0.15) is 77.3 Å². The monoisotopic (exact) mass is 532 g/mol. The van der Waals surface area contributed by atoms with Crippen molar-refractivity contribution in [3.8, 4) is 11.8 Å². The lowest BCUT2D eigenvalue weighted by Gasteiger charge is -2.32. The van der Waals surface area contributed by atoms with Gasteiger partial charge in [-0.2, -0.15) is 5.10 Å². The quantitative estimate of drug-likeness (QED) is 0.369. The van der Waals surface area contributed by atoms with Crippen molar-refractivity contribution in [3.63, 3.8) is 0 Å². The van der Waals surface area contributed by atoms with Gasteiger partial charge in [-0.05, 0) is 49.2 Å². The molecule has 1 fully saturated rings. The standard InChI is InChI=1S/C32H32N6O2/c1-32(2,3)29-21-33-28(20-34-29)30(39)36-26-19-35-38(22-26)27-15-17-37(18-16-27)31(40)25-13-11-24(12-14-25)10-9-23-7-5-4-6-8-23/h4-8,11-14,19-22,27H,15-18H2,1-3H3,(H,36,39). The molecule has 2 aromatic heterocycles. The molecule has 0 atom stereocenters. The van der Waals surface area contributed by atoms with E-state index in [-0.39, 0.29) is 29.0 Å². The highest BCUT2D eigenvalue weighted by Crippen LogP contribution is 2.25. The highest BCUT2D eigenvalue weighted by atomic mass is 16.2. The summed E-state index contributed by atoms with van der Waals surface area (Å²) in [5.74, 6) is 5.97. The van der Waals surface area contributed by atoms with Crippen LogP contribution in [0.2, 0.25) is 0 Å². The van der Waals surface area contributed by atoms with Crippen LogP contribution in [0.3, 0.4) is 0 Å². The second-order valence-corrected chi connectivity index (χ2v) is 10.9. The van der Waals surface area contributed by atoms with Crippen LogP contribution in [-0.4, -0.2) is 49.6 Å². The van der Waals surface area contributed by atoms with Crippen molar-refractivity contribution in [3.05, 3.63) is 107 Å². The number of amides is 2. The van der Waals surface area contributed by atoms with Crippen molar-refractivity contribution in [1.82, 2.24) is 24.6 Å². The fourth-order valence-corrected chi connectivity index (χ4v) is 4.51. The van der Waals surface area contributed by atoms with E-state index in [1.807, 2.05) is 91.1 Å². The Hall–Kier alpha value is -4.77. The van der Waals surface area contributed by atoms with Gasteiger partial charge in [0, 0.05) is 47.6 Å². The van der Waals surface area contributed by atoms with Gasteiger partial charge in [-0.1, -0.05) is 50.8 Å². The van der Waals surface area contributed by atoms with E-state index in [0.717, 1.165) is 29.7 Å². The predicted octanol–water partition coefficient (Wildman–Crippen LogP) is 5.10. The topological polar surface area (TPSA) is 93.0 Å². The summed E-state index contributed by atoms with van der Waals surface area (Å²) in [6.45, 7) is 7.41. The van der Waals surface area contributed by atoms with E-state index in [2.05, 4.69) is 32.2 Å². The molecule has 2 aromatic carbocycles. The summed E-state index contributed by atoms with van der Waals surface area (Å²) in [5, 5.41) is 7.31. The van der Waals surface area contributed by atoms with E-state index >= 15 is 0 Å². The molecule has 40 heavy (non-hydrogen) atoms. The van der Waals surface area contributed by atoms with Gasteiger partial charge < -0.3 is 10.2 Å². The van der Waals surface area contributed by atoms with Crippen molar-refractivity contribution in [1.29, 1.82) is 0 Å². The first kappa shape index (κ1) is 26.8. The van der Waals surface area contributed by atoms with Gasteiger partial charge in [0.15, 0.2) is 0 Å². The van der Waals surface area contributed by atoms with Gasteiger partial charge >= 0.3 is 0 Å². The molecule has 0 saturated carbocycles. The van der Waals surface area contributed by atoms with E-state index in [1.54, 1.807) is 12.4 Å². The number of aromatic nitrogens is 4. The van der Waals surface area contributed by atoms with Crippen molar-refractivity contribution >= 4 is 17.5 Å². The number of anilines is 1. The molecule has 8 heteroatoms. The molecule has 1 N–H and O–H groups in total. The summed E-state index contributed by atoms with van der Waals surface area (Å²) in [6.07, 6.45) is 8.16. The SMILES string of the molecule is CC(C)(C)c1cnc(C(=O)Nc2cnn(C3CCN(C(=O)c4ccc(C#Cc5ccccc5)cc4)CC3)c2)cn1. The second-order valence-electron chi connectivity index (χ2n) is 10.9. The van der Waals surface area contributed by atoms with Crippen LogP contribution in [0.4, 0.5) is 5.69 Å². The summed E-state index contributed by atoms with van der Waals surface area (Å²) in [5.41, 5.74) is 4.03. The number of likely N-dealkylation sites (tertiary alicyclic amines) is 1. The maximum atomic E-state index is 13.1. The van der Waals surface area contributed by atoms with Gasteiger partial charge in [0.2, 0.25) is 0 Å². The third-order valence-corrected chi connectivity index (χ3v) is 6.89. The number of piperidine rings is 1. The molecule has 1 saturated heterocycles. The second kappa shape index (κ2) is 11.5. The zero-order valence-electron chi connectivity index (χ0n) is 23.0. The fraction of sp³-hybridized carbons (Fsp3) is 0.281. The number of carbonyl (C=O) groups excluding carboxylic acids is 2. The largest absolute Gasteiger partial charge is 0.338 e. The third kappa shape index (κ3) is 6.44. The van der Waals surface area contributed by atoms with E-state index in [0.29, 0.717) is 24.3 Å². The number of nitrogens with zero attached hydrogens (tertiary/aromatic N) is 5. The number of carbonyl (C=O) groups is 2. The summed E-state index contributed by atoms with van der Waals surface area (Å²) in [6, 6.07) is 17.4. The third-order valence-electron chi connectivity index (χ3n) is 6.89. The molecule has 1 aliphatic heterocycles. The van der Waals surface area contributed by atoms with Crippen LogP contribution in [0.25, 0.3) is 0 Å². The minimum atomic E-state index is -0.329. The van der Waals surface area contributed by atoms with E-state index < -0.39 is 0 Å². The lowest BCUT2D eigenvalue weighted by Crippen LogP contribution is -2.39. The van der Waals surface area contributed by atoms with Crippen LogP contribution in [0, 0.1) is 11.8 Å². The number of hydrogen-bond donors (Lipinski definition) is 1. The summed E-state index contributed by atoms with van der Waals surface area (Å²) in [4.78, 5) is 36.2. The first-order chi connectivity index (χ1) is 19.3. The number of rotatable bonds is 4. The fourth-order valence-electron chi connectivity index (χ4n) is 4.51. The minimum absolute atomic E-state index is 0.0213. The molecule has 3 heterocycles. The maximum absolute atomic E-state index is 13.1. The van der Waals surface area contributed by atoms with Gasteiger partial charge in [0.25, 0.3) is 11.8 Å². The van der Waals surface area contributed by atoms with Gasteiger partial charge in [-0.25, -0.2) is 4.98 Å². The van der Waals surface area contributed by atoms with Crippen LogP contribution < -0.4 is 5.32 Å². The summed E-state index contributed by atoms with van der Waals surface area (Å²) >= 11 is 0. The number of nitrogens with one attached hydrogen (secondary N) is 1. The summed E-state index contributed by atoms with van der Waals surface area (Å²) < 4.78 is 1.87. The Bertz CT molecular complexity index is 1530. The van der Waals surface area contributed by atoms with Crippen LogP contribution >= 0.6 is 0 Å². The number of hydrogen-bond acceptors (Lipinski definition) is 5. The van der Waals surface area contributed by atoms with Crippen molar-refractivity contribution < 1.29 is 9.59 Å². The molecule has 202 valence electrons. The van der Waals surface area contributed by atoms with Crippen LogP contribution in [0.15, 0.2) is 79.4 Å². The van der Waals surface area contributed by atoms with Gasteiger partial charge in [-0.3, -0.25) is 19.3 Å². The molecule has 0 spiro atoms. The van der Waals surface area contributed by atoms with Gasteiger partial charge in [0.05, 0.1) is 29.8 Å². The lowest BCUT2D eigenvalue weighted by molar-refractivity contribution is 0.0689. The van der Waals surface area contributed by atoms with Crippen LogP contribution in [-0.2, 0) is 5.41 Å². The molecule has 0 aliphatic carbocycles. The zero-order chi connectivity index (χ0) is 28.1. The Morgan fingerprint density at radius 3 is 2.17 bits per heavy atom. The molecular formula is C32H32N6O2. The summed E-state index contributed by atoms with van der Waals surface area (Å²) in [7, 11) is 0. The Kier molecular flexibility index (Phi) is 7.74. The van der Waals surface area contributed by atoms with E-state index in [9.17, 15) is 9.59 Å². The molecule has 0 radical (unpaired) electrons. The molecule has 5 rings (SSSR count). The minimum Gasteiger partial charge on any atom is -0.338 e. The maximum Gasteiger partial charge on any atom is 0.275 e. The Morgan fingerprint density at radius 1 is 0.875 bits per heavy atom. The molecule has 8 nitrogen and oxygen atoms in total. The lowest BCUT2D eigenvalue weighted by atomic mass is 9.93. The molecule has 2 amide bonds. The van der Waals surface area contributed by atoms with E-state index in [4.69, 9.17) is 0 Å². The normalized spacial score (nSPS) is 13.8. The average molecular weight is 533 g/mol. The first-order valence-corrected chi connectivity index (χ1v) is 13.4. The first-order valence-electron chi connectivity index (χ1n) is 13.4. The molecule has 0 unspecified atom stereocenters. The van der Waals surface area contributed by atoms with Gasteiger partial charge in [0.1, 0.15) is 5.69 Å². The van der Waals surface area contributed by atoms with Crippen molar-refractivity contribution in [2.45, 2.75) is 45.1 Å². The highest BCUT2D eigenvalue weighted by Gasteiger charge is 2.25. The smallest absolute Gasteiger partial charge is 0.275 e. The zero-order valence-corrected chi connectivity index (χ0v) is 23.0. The number of benzene rings is 2. The molecular weight excluding hydrogens is 500 g/mol. The van der Waals surface area contributed by atoms with E-state index in [1.165, 1.54) is 6.20 Å². The van der Waals surface area contributed by atoms with Crippen molar-refractivity contribution in [2.75, 3.05) is 18.4 Å². The van der Waals surface area contributed by atoms with Crippen LogP contribution in [0.5, 0.6) is 0 Å². The average Bonchev–Trinajstić information content (AvgIpc) is 3.44. The molecule has 0 bridgehead atoms. The predicted molar refractivity (Wildman–Crippen MR) is 154 cm³/mol. The molecule has 4 aromatic rings. The van der Waals surface area contributed by atoms with Gasteiger partial charge in [-0.15, -0.1) is 0 Å². The molecule has 1 aliphatic rings.